The molecule has 0 radical (unpaired) electrons. The molecule has 0 bridgehead atoms. The number of carbonyl (C=O) groups excluding carboxylic acids is 4. The van der Waals surface area contributed by atoms with Gasteiger partial charge in [-0.25, -0.2) is 59.0 Å². The molecule has 34 heteroatoms. The van der Waals surface area contributed by atoms with Crippen LogP contribution in [0.3, 0.4) is 0 Å². The molecule has 123 heavy (non-hydrogen) atoms. The number of nitrogens with zero attached hydrogens (tertiary/aromatic N) is 22. The van der Waals surface area contributed by atoms with Gasteiger partial charge in [-0.3, -0.25) is 19.6 Å². The summed E-state index contributed by atoms with van der Waals surface area (Å²) in [4.78, 5) is 112. The van der Waals surface area contributed by atoms with Gasteiger partial charge in [0.1, 0.15) is 23.3 Å². The van der Waals surface area contributed by atoms with Crippen LogP contribution in [-0.4, -0.2) is 176 Å². The number of carbonyl (C=O) groups is 4. The molecule has 12 aromatic rings. The fourth-order valence-electron chi connectivity index (χ4n) is 14.3. The highest BCUT2D eigenvalue weighted by Crippen LogP contribution is 2.34. The fourth-order valence-corrected chi connectivity index (χ4v) is 14.5. The molecule has 8 aromatic heterocycles. The minimum absolute atomic E-state index is 0.0303. The third-order valence-corrected chi connectivity index (χ3v) is 21.5. The molecule has 0 aliphatic carbocycles. The molecule has 4 saturated heterocycles. The van der Waals surface area contributed by atoms with Crippen molar-refractivity contribution in [3.8, 4) is 22.7 Å². The first kappa shape index (κ1) is 79.7. The lowest BCUT2D eigenvalue weighted by Gasteiger charge is -2.27. The zero-order valence-corrected chi connectivity index (χ0v) is 73.2. The predicted octanol–water partition coefficient (Wildman–Crippen LogP) is 16.6. The number of likely N-dealkylation sites (N-methyl/N-ethyl adjacent to an activating group) is 2. The van der Waals surface area contributed by atoms with Gasteiger partial charge in [-0.15, -0.1) is 0 Å². The second-order valence-corrected chi connectivity index (χ2v) is 32.8. The summed E-state index contributed by atoms with van der Waals surface area (Å²) in [6.07, 6.45) is 21.1. The quantitative estimate of drug-likeness (QED) is 0.0327. The van der Waals surface area contributed by atoms with Crippen LogP contribution in [-0.2, 0) is 0 Å². The molecule has 4 aromatic carbocycles. The maximum Gasteiger partial charge on any atom is 0.325 e. The van der Waals surface area contributed by atoms with Crippen molar-refractivity contribution in [3.63, 3.8) is 0 Å². The molecular formula is C89H108Cl2N28O4. The molecular weight excluding hydrogens is 1600 g/mol. The number of aromatic nitrogens is 16. The zero-order valence-electron chi connectivity index (χ0n) is 77.7. The van der Waals surface area contributed by atoms with Crippen molar-refractivity contribution >= 4 is 94.4 Å². The lowest BCUT2D eigenvalue weighted by atomic mass is 9.98. The van der Waals surface area contributed by atoms with Gasteiger partial charge in [-0.1, -0.05) is 114 Å². The summed E-state index contributed by atoms with van der Waals surface area (Å²) < 4.78 is 57.7. The fraction of sp³-hybridized carbons (Fsp3) is 0.371. The van der Waals surface area contributed by atoms with Crippen LogP contribution in [0.4, 0.5) is 66.2 Å². The van der Waals surface area contributed by atoms with E-state index < -0.39 is 55.7 Å². The molecule has 4 fully saturated rings. The Bertz CT molecular complexity index is 5720. The van der Waals surface area contributed by atoms with Crippen molar-refractivity contribution in [2.24, 2.45) is 23.7 Å². The molecule has 9 atom stereocenters. The van der Waals surface area contributed by atoms with Crippen molar-refractivity contribution in [1.82, 2.24) is 98.5 Å². The number of amides is 8. The van der Waals surface area contributed by atoms with E-state index in [4.69, 9.17) is 31.4 Å². The Morgan fingerprint density at radius 2 is 0.675 bits per heavy atom. The summed E-state index contributed by atoms with van der Waals surface area (Å²) in [6.45, 7) is 24.0. The highest BCUT2D eigenvalue weighted by Gasteiger charge is 2.43. The third kappa shape index (κ3) is 20.9. The zero-order chi connectivity index (χ0) is 93.0. The van der Waals surface area contributed by atoms with Crippen LogP contribution in [0.1, 0.15) is 156 Å². The van der Waals surface area contributed by atoms with Gasteiger partial charge in [0.25, 0.3) is 0 Å². The first-order chi connectivity index (χ1) is 61.2. The first-order valence-electron chi connectivity index (χ1n) is 43.7. The third-order valence-electron chi connectivity index (χ3n) is 21.0. The van der Waals surface area contributed by atoms with Crippen LogP contribution in [0.25, 0.3) is 22.7 Å². The second kappa shape index (κ2) is 38.7. The summed E-state index contributed by atoms with van der Waals surface area (Å²) in [5, 5.41) is 19.7. The topological polar surface area (TPSA) is 334 Å². The number of hydrogen-bond acceptors (Lipinski definition) is 20. The average Bonchev–Trinajstić information content (AvgIpc) is 1.60. The van der Waals surface area contributed by atoms with Crippen LogP contribution >= 0.6 is 23.2 Å². The number of anilines is 8. The Morgan fingerprint density at radius 3 is 0.976 bits per heavy atom. The molecule has 32 nitrogen and oxygen atoms in total. The summed E-state index contributed by atoms with van der Waals surface area (Å²) in [6, 6.07) is 33.9. The predicted molar refractivity (Wildman–Crippen MR) is 482 cm³/mol. The Balaban J connectivity index is 0.000000147. The molecule has 0 spiro atoms. The van der Waals surface area contributed by atoms with Gasteiger partial charge in [-0.2, -0.15) is 19.9 Å². The number of benzene rings is 4. The average molecular weight is 1710 g/mol. The highest BCUT2D eigenvalue weighted by atomic mass is 35.5. The van der Waals surface area contributed by atoms with Crippen LogP contribution in [0.2, 0.25) is 10.0 Å². The van der Waals surface area contributed by atoms with Gasteiger partial charge >= 0.3 is 24.1 Å². The van der Waals surface area contributed by atoms with Crippen molar-refractivity contribution < 1.29 is 27.4 Å². The van der Waals surface area contributed by atoms with Gasteiger partial charge in [0, 0.05) is 122 Å². The number of rotatable bonds is 24. The van der Waals surface area contributed by atoms with Crippen molar-refractivity contribution in [2.75, 3.05) is 74.5 Å². The lowest BCUT2D eigenvalue weighted by molar-refractivity contribution is 0.228. The molecule has 12 heterocycles. The number of urea groups is 4. The van der Waals surface area contributed by atoms with E-state index in [9.17, 15) is 19.2 Å². The highest BCUT2D eigenvalue weighted by molar-refractivity contribution is 6.30. The minimum Gasteiger partial charge on any atom is -0.346 e. The van der Waals surface area contributed by atoms with Gasteiger partial charge in [0.2, 0.25) is 23.8 Å². The molecule has 642 valence electrons. The molecule has 6 N–H and O–H groups in total. The molecule has 4 aliphatic heterocycles. The van der Waals surface area contributed by atoms with Gasteiger partial charge in [-0.05, 0) is 169 Å². The maximum atomic E-state index is 12.9. The number of halogens is 2. The normalized spacial score (nSPS) is 19.9. The van der Waals surface area contributed by atoms with E-state index in [1.165, 1.54) is 39.9 Å². The standard InChI is InChI=1S/C23H29N7O.2C22H26ClN7O.C22H27N7O/c1-15(2)20-13-28(5)23(31)30(20)21-10-11-24-22(27-21)26-17(4)19-12-29(14-25-19)18-8-6-16(3)7-9-18;1-14(2)19-12-28(4)22(31)30(19)20-9-10-24-21(27-20)26-15(3)18-11-29(13-25-18)17-7-5-16(23)6-8-17;1-13(2)20-15(4)27-22(31)30(20)19-9-10-24-21(28-19)26-14(3)18-11-29(12-25-18)17-7-5-16(23)6-8-17;1-14(2)19-11-24-22(30)29(19)20-9-10-23-21(27-20)26-16(4)18-12-28(13-25-18)17-7-5-15(3)6-8-17/h6-12,14-15,17,20H,13H2,1-5H3,(H,24,26,27);5-11,13-15,19H,12H2,1-4H3,(H,24,26,27);5-15,20H,1-4H3,(H,27,31)(H,24,26,28);5-10,12-14,16,19H,11H2,1-4H3,(H,24,30)(H,23,26,27)/t17-,20+;15-,19+;14-,15+,20-;16-,19+/m0000/s1/i13D2;12D2;;11D2. The number of aryl methyl sites for hydroxylation is 2. The molecule has 0 saturated carbocycles. The van der Waals surface area contributed by atoms with E-state index in [1.807, 2.05) is 199 Å². The number of imidazole rings is 4. The molecule has 16 rings (SSSR count). The van der Waals surface area contributed by atoms with Gasteiger partial charge in [0.15, 0.2) is 0 Å². The van der Waals surface area contributed by atoms with Gasteiger partial charge < -0.3 is 60.0 Å². The molecule has 0 unspecified atom stereocenters. The number of nitrogens with one attached hydrogen (secondary N) is 6. The summed E-state index contributed by atoms with van der Waals surface area (Å²) in [7, 11) is 2.95. The van der Waals surface area contributed by atoms with E-state index >= 15 is 0 Å². The molecule has 4 aliphatic rings. The monoisotopic (exact) mass is 1710 g/mol. The van der Waals surface area contributed by atoms with E-state index in [1.54, 1.807) is 79.3 Å². The minimum atomic E-state index is -1.85. The summed E-state index contributed by atoms with van der Waals surface area (Å²) >= 11 is 11.9. The van der Waals surface area contributed by atoms with E-state index in [0.717, 1.165) is 55.3 Å². The van der Waals surface area contributed by atoms with Crippen LogP contribution in [0.15, 0.2) is 196 Å². The Kier molecular flexibility index (Phi) is 25.1. The first-order valence-corrected chi connectivity index (χ1v) is 41.5. The Hall–Kier alpha value is -13.1. The maximum absolute atomic E-state index is 12.9. The van der Waals surface area contributed by atoms with Crippen LogP contribution in [0, 0.1) is 37.5 Å². The molecule has 8 amide bonds. The van der Waals surface area contributed by atoms with E-state index in [-0.39, 0.29) is 66.0 Å². The van der Waals surface area contributed by atoms with Crippen molar-refractivity contribution in [2.45, 2.75) is 158 Å². The van der Waals surface area contributed by atoms with E-state index in [0.29, 0.717) is 57.1 Å². The SMILES string of the molecule is CC(C)[C@H]1[C@@H](C)NC(=O)N1c1ccnc(N[C@@H](C)c2cn(-c3ccc(Cl)cc3)cn2)n1.[2H]C1([2H])NC(=O)N(c2ccnc(N[C@@H](C)c3cn(-c4ccc(C)cc4)cn3)n2)[C@H]1C(C)C.[2H]C1([2H])[C@H](C(C)C)N(c2ccnc(N[C@@H](C)c3cn(-c4ccc(C)cc4)cn3)n2)C(=O)N1C.[2H]C1([2H])[C@H](C(C)C)N(c2ccnc(N[C@@H](C)c3cn(-c4ccc(Cl)cc4)cn3)n2)C(=O)N1C. The number of hydrogen-bond donors (Lipinski definition) is 6. The lowest BCUT2D eigenvalue weighted by Crippen LogP contribution is -2.40. The summed E-state index contributed by atoms with van der Waals surface area (Å²) in [5.74, 6) is 3.04. The van der Waals surface area contributed by atoms with Crippen LogP contribution < -0.4 is 51.5 Å². The Morgan fingerprint density at radius 1 is 0.382 bits per heavy atom. The van der Waals surface area contributed by atoms with Gasteiger partial charge in [0.05, 0.1) is 105 Å². The smallest absolute Gasteiger partial charge is 0.325 e. The van der Waals surface area contributed by atoms with Crippen LogP contribution in [0.5, 0.6) is 0 Å². The largest absolute Gasteiger partial charge is 0.346 e. The Labute approximate surface area is 735 Å². The second-order valence-electron chi connectivity index (χ2n) is 31.9. The van der Waals surface area contributed by atoms with E-state index in [2.05, 4.69) is 137 Å². The van der Waals surface area contributed by atoms with Crippen molar-refractivity contribution in [1.29, 1.82) is 0 Å². The summed E-state index contributed by atoms with van der Waals surface area (Å²) in [5.41, 5.74) is 9.61. The van der Waals surface area contributed by atoms with Crippen molar-refractivity contribution in [3.05, 3.63) is 240 Å².